The normalized spacial score (nSPS) is 26.9. The maximum atomic E-state index is 12.7. The van der Waals surface area contributed by atoms with Crippen molar-refractivity contribution in [1.29, 1.82) is 0 Å². The largest absolute Gasteiger partial charge is 0.459 e. The van der Waals surface area contributed by atoms with Gasteiger partial charge in [0.2, 0.25) is 0 Å². The highest BCUT2D eigenvalue weighted by atomic mass is 16.5. The van der Waals surface area contributed by atoms with Gasteiger partial charge in [-0.2, -0.15) is 0 Å². The second kappa shape index (κ2) is 7.12. The summed E-state index contributed by atoms with van der Waals surface area (Å²) in [5, 5.41) is 0. The second-order valence-corrected chi connectivity index (χ2v) is 8.28. The molecule has 5 nitrogen and oxygen atoms in total. The molecule has 1 aromatic rings. The number of ether oxygens (including phenoxy) is 1. The molecule has 2 aliphatic heterocycles. The molecule has 25 heavy (non-hydrogen) atoms. The van der Waals surface area contributed by atoms with Crippen molar-refractivity contribution in [2.45, 2.75) is 32.1 Å². The molecule has 4 rings (SSSR count). The average Bonchev–Trinajstić information content (AvgIpc) is 3.22. The number of amides is 1. The number of methoxy groups -OCH3 is 1. The van der Waals surface area contributed by atoms with Crippen molar-refractivity contribution in [3.05, 3.63) is 24.2 Å². The number of likely N-dealkylation sites (tertiary alicyclic amines) is 2. The Morgan fingerprint density at radius 2 is 2.16 bits per heavy atom. The van der Waals surface area contributed by atoms with Gasteiger partial charge in [0.05, 0.1) is 12.9 Å². The third-order valence-electron chi connectivity index (χ3n) is 6.79. The van der Waals surface area contributed by atoms with E-state index < -0.39 is 0 Å². The molecule has 3 fully saturated rings. The predicted molar refractivity (Wildman–Crippen MR) is 95.4 cm³/mol. The van der Waals surface area contributed by atoms with Gasteiger partial charge in [-0.05, 0) is 62.2 Å². The molecule has 1 aliphatic carbocycles. The summed E-state index contributed by atoms with van der Waals surface area (Å²) < 4.78 is 10.8. The van der Waals surface area contributed by atoms with Crippen molar-refractivity contribution in [3.63, 3.8) is 0 Å². The summed E-state index contributed by atoms with van der Waals surface area (Å²) in [7, 11) is 1.77. The third-order valence-corrected chi connectivity index (χ3v) is 6.79. The minimum Gasteiger partial charge on any atom is -0.459 e. The number of furan rings is 1. The number of nitrogens with zero attached hydrogens (tertiary/aromatic N) is 2. The number of hydrogen-bond acceptors (Lipinski definition) is 4. The molecule has 138 valence electrons. The number of carbonyl (C=O) groups excluding carboxylic acids is 1. The Balaban J connectivity index is 1.41. The van der Waals surface area contributed by atoms with E-state index in [2.05, 4.69) is 4.90 Å². The fourth-order valence-electron chi connectivity index (χ4n) is 4.96. The predicted octanol–water partition coefficient (Wildman–Crippen LogP) is 2.88. The SMILES string of the molecule is COC[C@@H]1CN(C(=O)c2ccco2)CC12CCN(CC1CCC1)CC2. The zero-order valence-electron chi connectivity index (χ0n) is 15.3. The lowest BCUT2D eigenvalue weighted by atomic mass is 9.71. The fraction of sp³-hybridized carbons (Fsp3) is 0.750. The molecule has 1 spiro atoms. The zero-order valence-corrected chi connectivity index (χ0v) is 15.3. The number of hydrogen-bond donors (Lipinski definition) is 0. The quantitative estimate of drug-likeness (QED) is 0.822. The lowest BCUT2D eigenvalue weighted by molar-refractivity contribution is 0.0279. The van der Waals surface area contributed by atoms with Crippen LogP contribution in [0.25, 0.3) is 0 Å². The number of piperidine rings is 1. The number of carbonyl (C=O) groups is 1. The highest BCUT2D eigenvalue weighted by Gasteiger charge is 2.49. The van der Waals surface area contributed by atoms with Crippen LogP contribution in [0.1, 0.15) is 42.7 Å². The molecule has 0 bridgehead atoms. The molecule has 1 amide bonds. The van der Waals surface area contributed by atoms with Gasteiger partial charge in [-0.15, -0.1) is 0 Å². The van der Waals surface area contributed by atoms with Gasteiger partial charge in [-0.1, -0.05) is 6.42 Å². The first kappa shape index (κ1) is 17.1. The van der Waals surface area contributed by atoms with Crippen LogP contribution in [0.15, 0.2) is 22.8 Å². The van der Waals surface area contributed by atoms with Crippen molar-refractivity contribution >= 4 is 5.91 Å². The van der Waals surface area contributed by atoms with E-state index in [9.17, 15) is 4.79 Å². The van der Waals surface area contributed by atoms with Gasteiger partial charge < -0.3 is 19.0 Å². The Bertz CT molecular complexity index is 574. The molecule has 1 atom stereocenters. The standard InChI is InChI=1S/C20H30N2O3/c1-24-14-17-13-22(19(23)18-6-3-11-25-18)15-20(17)7-9-21(10-8-20)12-16-4-2-5-16/h3,6,11,16-17H,2,4-5,7-10,12-15H2,1H3/t17-/m0/s1. The van der Waals surface area contributed by atoms with Crippen molar-refractivity contribution in [1.82, 2.24) is 9.80 Å². The Kier molecular flexibility index (Phi) is 4.87. The maximum absolute atomic E-state index is 12.7. The fourth-order valence-corrected chi connectivity index (χ4v) is 4.96. The van der Waals surface area contributed by atoms with Crippen LogP contribution in [0.4, 0.5) is 0 Å². The van der Waals surface area contributed by atoms with Gasteiger partial charge in [-0.25, -0.2) is 0 Å². The van der Waals surface area contributed by atoms with Gasteiger partial charge in [0.15, 0.2) is 5.76 Å². The summed E-state index contributed by atoms with van der Waals surface area (Å²) in [6, 6.07) is 3.55. The van der Waals surface area contributed by atoms with Crippen LogP contribution < -0.4 is 0 Å². The highest BCUT2D eigenvalue weighted by molar-refractivity contribution is 5.91. The highest BCUT2D eigenvalue weighted by Crippen LogP contribution is 2.45. The minimum absolute atomic E-state index is 0.0277. The summed E-state index contributed by atoms with van der Waals surface area (Å²) in [4.78, 5) is 17.4. The Morgan fingerprint density at radius 3 is 2.76 bits per heavy atom. The lowest BCUT2D eigenvalue weighted by Crippen LogP contribution is -2.47. The van der Waals surface area contributed by atoms with Crippen LogP contribution in [0.5, 0.6) is 0 Å². The molecule has 0 unspecified atom stereocenters. The molecule has 1 saturated carbocycles. The van der Waals surface area contributed by atoms with Crippen LogP contribution in [0.3, 0.4) is 0 Å². The molecule has 5 heteroatoms. The van der Waals surface area contributed by atoms with Crippen LogP contribution in [-0.2, 0) is 4.74 Å². The van der Waals surface area contributed by atoms with Crippen molar-refractivity contribution < 1.29 is 13.9 Å². The topological polar surface area (TPSA) is 45.9 Å². The molecule has 0 N–H and O–H groups in total. The summed E-state index contributed by atoms with van der Waals surface area (Å²) >= 11 is 0. The van der Waals surface area contributed by atoms with Gasteiger partial charge in [0, 0.05) is 32.7 Å². The maximum Gasteiger partial charge on any atom is 0.289 e. The molecule has 0 radical (unpaired) electrons. The van der Waals surface area contributed by atoms with Gasteiger partial charge in [0.25, 0.3) is 5.91 Å². The monoisotopic (exact) mass is 346 g/mol. The van der Waals surface area contributed by atoms with Gasteiger partial charge >= 0.3 is 0 Å². The summed E-state index contributed by atoms with van der Waals surface area (Å²) in [6.07, 6.45) is 8.18. The molecule has 0 aromatic carbocycles. The van der Waals surface area contributed by atoms with Crippen LogP contribution >= 0.6 is 0 Å². The van der Waals surface area contributed by atoms with E-state index in [0.717, 1.165) is 25.6 Å². The van der Waals surface area contributed by atoms with E-state index in [1.807, 2.05) is 4.90 Å². The van der Waals surface area contributed by atoms with E-state index in [0.29, 0.717) is 11.7 Å². The van der Waals surface area contributed by atoms with E-state index >= 15 is 0 Å². The molecular formula is C20H30N2O3. The van der Waals surface area contributed by atoms with Crippen LogP contribution in [0, 0.1) is 17.3 Å². The Labute approximate surface area is 150 Å². The van der Waals surface area contributed by atoms with Crippen molar-refractivity contribution in [2.75, 3.05) is 46.4 Å². The van der Waals surface area contributed by atoms with Crippen LogP contribution in [0.2, 0.25) is 0 Å². The molecule has 1 aromatic heterocycles. The first-order valence-corrected chi connectivity index (χ1v) is 9.74. The zero-order chi connectivity index (χ0) is 17.3. The average molecular weight is 346 g/mol. The Morgan fingerprint density at radius 1 is 1.36 bits per heavy atom. The van der Waals surface area contributed by atoms with Gasteiger partial charge in [-0.3, -0.25) is 4.79 Å². The van der Waals surface area contributed by atoms with E-state index in [4.69, 9.17) is 9.15 Å². The molecule has 3 aliphatic rings. The second-order valence-electron chi connectivity index (χ2n) is 8.28. The molecule has 3 heterocycles. The van der Waals surface area contributed by atoms with E-state index in [1.54, 1.807) is 25.5 Å². The molecular weight excluding hydrogens is 316 g/mol. The first-order chi connectivity index (χ1) is 12.2. The van der Waals surface area contributed by atoms with E-state index in [-0.39, 0.29) is 11.3 Å². The van der Waals surface area contributed by atoms with Crippen LogP contribution in [-0.4, -0.2) is 62.1 Å². The smallest absolute Gasteiger partial charge is 0.289 e. The third kappa shape index (κ3) is 3.36. The minimum atomic E-state index is 0.0277. The molecule has 2 saturated heterocycles. The first-order valence-electron chi connectivity index (χ1n) is 9.74. The van der Waals surface area contributed by atoms with Crippen molar-refractivity contribution in [2.24, 2.45) is 17.3 Å². The van der Waals surface area contributed by atoms with Gasteiger partial charge in [0.1, 0.15) is 0 Å². The Hall–Kier alpha value is -1.33. The number of rotatable bonds is 5. The summed E-state index contributed by atoms with van der Waals surface area (Å²) in [5.41, 5.74) is 0.217. The summed E-state index contributed by atoms with van der Waals surface area (Å²) in [6.45, 7) is 5.98. The lowest BCUT2D eigenvalue weighted by Gasteiger charge is -2.44. The van der Waals surface area contributed by atoms with Crippen molar-refractivity contribution in [3.8, 4) is 0 Å². The summed E-state index contributed by atoms with van der Waals surface area (Å²) in [5.74, 6) is 1.85. The van der Waals surface area contributed by atoms with E-state index in [1.165, 1.54) is 51.7 Å².